The molecule has 0 radical (unpaired) electrons. The lowest BCUT2D eigenvalue weighted by atomic mass is 10.1. The number of nitrogens with one attached hydrogen (secondary N) is 1. The van der Waals surface area contributed by atoms with Gasteiger partial charge in [0.15, 0.2) is 0 Å². The van der Waals surface area contributed by atoms with Gasteiger partial charge in [-0.1, -0.05) is 18.6 Å². The number of likely N-dealkylation sites (tertiary alicyclic amines) is 1. The van der Waals surface area contributed by atoms with Gasteiger partial charge in [-0.05, 0) is 68.3 Å². The lowest BCUT2D eigenvalue weighted by Gasteiger charge is -2.33. The summed E-state index contributed by atoms with van der Waals surface area (Å²) in [7, 11) is 0. The molecule has 1 aromatic carbocycles. The van der Waals surface area contributed by atoms with Gasteiger partial charge in [0, 0.05) is 31.3 Å². The molecule has 0 spiro atoms. The highest BCUT2D eigenvalue weighted by molar-refractivity contribution is 5.95. The summed E-state index contributed by atoms with van der Waals surface area (Å²) >= 11 is 0. The second-order valence-corrected chi connectivity index (χ2v) is 7.95. The van der Waals surface area contributed by atoms with Crippen molar-refractivity contribution in [1.29, 1.82) is 0 Å². The smallest absolute Gasteiger partial charge is 0.244 e. The normalized spacial score (nSPS) is 18.8. The predicted octanol–water partition coefficient (Wildman–Crippen LogP) is 3.76. The molecule has 2 aromatic rings. The molecule has 4 rings (SSSR count). The average molecular weight is 408 g/mol. The molecule has 30 heavy (non-hydrogen) atoms. The molecule has 6 heteroatoms. The van der Waals surface area contributed by atoms with Gasteiger partial charge in [0.25, 0.3) is 0 Å². The number of furan rings is 1. The number of carbonyl (C=O) groups is 2. The fourth-order valence-electron chi connectivity index (χ4n) is 4.24. The summed E-state index contributed by atoms with van der Waals surface area (Å²) in [4.78, 5) is 28.5. The Morgan fingerprint density at radius 1 is 1.07 bits per heavy atom. The summed E-state index contributed by atoms with van der Waals surface area (Å²) in [5.74, 6) is 0.952. The van der Waals surface area contributed by atoms with E-state index in [2.05, 4.69) is 10.2 Å². The van der Waals surface area contributed by atoms with Crippen molar-refractivity contribution >= 4 is 23.6 Å². The van der Waals surface area contributed by atoms with E-state index in [9.17, 15) is 9.59 Å². The Bertz CT molecular complexity index is 868. The molecule has 0 saturated carbocycles. The maximum absolute atomic E-state index is 12.4. The van der Waals surface area contributed by atoms with Gasteiger partial charge in [-0.15, -0.1) is 0 Å². The van der Waals surface area contributed by atoms with Crippen LogP contribution in [0.1, 0.15) is 49.5 Å². The summed E-state index contributed by atoms with van der Waals surface area (Å²) in [5, 5.41) is 3.02. The molecule has 158 valence electrons. The number of hydrogen-bond donors (Lipinski definition) is 1. The van der Waals surface area contributed by atoms with Crippen molar-refractivity contribution in [2.75, 3.05) is 31.1 Å². The van der Waals surface area contributed by atoms with Crippen LogP contribution in [0.5, 0.6) is 0 Å². The molecular weight excluding hydrogens is 378 g/mol. The van der Waals surface area contributed by atoms with Crippen molar-refractivity contribution in [3.63, 3.8) is 0 Å². The van der Waals surface area contributed by atoms with Gasteiger partial charge in [-0.3, -0.25) is 14.5 Å². The molecule has 1 unspecified atom stereocenters. The molecule has 2 aliphatic heterocycles. The van der Waals surface area contributed by atoms with Crippen LogP contribution in [0.2, 0.25) is 0 Å². The predicted molar refractivity (Wildman–Crippen MR) is 117 cm³/mol. The molecule has 1 aromatic heterocycles. The molecular formula is C24H29N3O3. The number of piperidine rings is 1. The van der Waals surface area contributed by atoms with Crippen molar-refractivity contribution in [1.82, 2.24) is 10.2 Å². The number of rotatable bonds is 7. The van der Waals surface area contributed by atoms with Gasteiger partial charge < -0.3 is 14.6 Å². The van der Waals surface area contributed by atoms with Gasteiger partial charge in [0.1, 0.15) is 5.76 Å². The molecule has 3 heterocycles. The van der Waals surface area contributed by atoms with E-state index in [4.69, 9.17) is 4.42 Å². The molecule has 2 fully saturated rings. The largest absolute Gasteiger partial charge is 0.468 e. The molecule has 1 N–H and O–H groups in total. The van der Waals surface area contributed by atoms with Crippen molar-refractivity contribution in [3.05, 3.63) is 60.1 Å². The van der Waals surface area contributed by atoms with Gasteiger partial charge in [0.2, 0.25) is 11.8 Å². The standard InChI is InChI=1S/C24H29N3O3/c28-23(13-10-19-8-11-20(12-9-19)27-16-4-7-24(27)29)25-18-21(22-6-5-17-30-22)26-14-2-1-3-15-26/h5-6,8-13,17,21H,1-4,7,14-16,18H2,(H,25,28)/b13-10+. The first-order valence-corrected chi connectivity index (χ1v) is 10.8. The number of carbonyl (C=O) groups excluding carboxylic acids is 2. The number of amides is 2. The first-order chi connectivity index (χ1) is 14.7. The minimum absolute atomic E-state index is 0.0648. The zero-order chi connectivity index (χ0) is 20.8. The minimum Gasteiger partial charge on any atom is -0.468 e. The Morgan fingerprint density at radius 2 is 1.87 bits per heavy atom. The van der Waals surface area contributed by atoms with Crippen LogP contribution in [0.4, 0.5) is 5.69 Å². The van der Waals surface area contributed by atoms with Crippen LogP contribution in [0.15, 0.2) is 53.2 Å². The Balaban J connectivity index is 1.33. The summed E-state index contributed by atoms with van der Waals surface area (Å²) in [6.45, 7) is 3.36. The van der Waals surface area contributed by atoms with E-state index >= 15 is 0 Å². The first-order valence-electron chi connectivity index (χ1n) is 10.8. The van der Waals surface area contributed by atoms with E-state index in [-0.39, 0.29) is 17.9 Å². The quantitative estimate of drug-likeness (QED) is 0.710. The third kappa shape index (κ3) is 5.00. The zero-order valence-corrected chi connectivity index (χ0v) is 17.3. The van der Waals surface area contributed by atoms with E-state index in [1.165, 1.54) is 19.3 Å². The molecule has 2 saturated heterocycles. The molecule has 0 bridgehead atoms. The highest BCUT2D eigenvalue weighted by atomic mass is 16.3. The summed E-state index contributed by atoms with van der Waals surface area (Å²) in [6.07, 6.45) is 10.2. The minimum atomic E-state index is -0.123. The number of anilines is 1. The van der Waals surface area contributed by atoms with Crippen molar-refractivity contribution < 1.29 is 14.0 Å². The third-order valence-corrected chi connectivity index (χ3v) is 5.88. The lowest BCUT2D eigenvalue weighted by molar-refractivity contribution is -0.117. The van der Waals surface area contributed by atoms with Crippen LogP contribution in [0, 0.1) is 0 Å². The summed E-state index contributed by atoms with van der Waals surface area (Å²) < 4.78 is 5.63. The first kappa shape index (κ1) is 20.4. The second kappa shape index (κ2) is 9.76. The van der Waals surface area contributed by atoms with Crippen LogP contribution in [-0.4, -0.2) is 42.9 Å². The number of hydrogen-bond acceptors (Lipinski definition) is 4. The fraction of sp³-hybridized carbons (Fsp3) is 0.417. The van der Waals surface area contributed by atoms with E-state index in [0.717, 1.165) is 43.1 Å². The van der Waals surface area contributed by atoms with Crippen molar-refractivity contribution in [2.45, 2.75) is 38.1 Å². The maximum atomic E-state index is 12.4. The Hall–Kier alpha value is -2.86. The van der Waals surface area contributed by atoms with Gasteiger partial charge in [0.05, 0.1) is 12.3 Å². The lowest BCUT2D eigenvalue weighted by Crippen LogP contribution is -2.40. The van der Waals surface area contributed by atoms with E-state index in [0.29, 0.717) is 13.0 Å². The molecule has 6 nitrogen and oxygen atoms in total. The van der Waals surface area contributed by atoms with Crippen LogP contribution >= 0.6 is 0 Å². The van der Waals surface area contributed by atoms with Crippen LogP contribution < -0.4 is 10.2 Å². The second-order valence-electron chi connectivity index (χ2n) is 7.95. The topological polar surface area (TPSA) is 65.8 Å². The van der Waals surface area contributed by atoms with E-state index in [1.54, 1.807) is 18.4 Å². The number of nitrogens with zero attached hydrogens (tertiary/aromatic N) is 2. The Morgan fingerprint density at radius 3 is 2.53 bits per heavy atom. The van der Waals surface area contributed by atoms with Crippen molar-refractivity contribution in [2.24, 2.45) is 0 Å². The Kier molecular flexibility index (Phi) is 6.64. The van der Waals surface area contributed by atoms with Gasteiger partial charge >= 0.3 is 0 Å². The van der Waals surface area contributed by atoms with Crippen LogP contribution in [-0.2, 0) is 9.59 Å². The molecule has 1 atom stereocenters. The maximum Gasteiger partial charge on any atom is 0.244 e. The highest BCUT2D eigenvalue weighted by Crippen LogP contribution is 2.25. The summed E-state index contributed by atoms with van der Waals surface area (Å²) in [6, 6.07) is 11.7. The van der Waals surface area contributed by atoms with Gasteiger partial charge in [-0.25, -0.2) is 0 Å². The molecule has 2 aliphatic rings. The highest BCUT2D eigenvalue weighted by Gasteiger charge is 2.24. The van der Waals surface area contributed by atoms with Crippen LogP contribution in [0.3, 0.4) is 0 Å². The zero-order valence-electron chi connectivity index (χ0n) is 17.3. The number of benzene rings is 1. The summed E-state index contributed by atoms with van der Waals surface area (Å²) in [5.41, 5.74) is 1.85. The van der Waals surface area contributed by atoms with E-state index < -0.39 is 0 Å². The van der Waals surface area contributed by atoms with Crippen LogP contribution in [0.25, 0.3) is 6.08 Å². The fourth-order valence-corrected chi connectivity index (χ4v) is 4.24. The SMILES string of the molecule is O=C(/C=C/c1ccc(N2CCCC2=O)cc1)NCC(c1ccco1)N1CCCCC1. The molecule has 2 amide bonds. The average Bonchev–Trinajstić information content (AvgIpc) is 3.46. The molecule has 0 aliphatic carbocycles. The monoisotopic (exact) mass is 407 g/mol. The van der Waals surface area contributed by atoms with Crippen molar-refractivity contribution in [3.8, 4) is 0 Å². The van der Waals surface area contributed by atoms with E-state index in [1.807, 2.05) is 41.3 Å². The Labute approximate surface area is 177 Å². The third-order valence-electron chi connectivity index (χ3n) is 5.88. The van der Waals surface area contributed by atoms with Gasteiger partial charge in [-0.2, -0.15) is 0 Å².